The minimum absolute atomic E-state index is 0.0854. The second kappa shape index (κ2) is 7.44. The summed E-state index contributed by atoms with van der Waals surface area (Å²) in [5.41, 5.74) is 7.07. The Morgan fingerprint density at radius 2 is 2.00 bits per heavy atom. The summed E-state index contributed by atoms with van der Waals surface area (Å²) in [7, 11) is 1.62. The Bertz CT molecular complexity index is 675. The summed E-state index contributed by atoms with van der Waals surface area (Å²) in [6.45, 7) is 2.79. The summed E-state index contributed by atoms with van der Waals surface area (Å²) in [5, 5.41) is 8.10. The van der Waals surface area contributed by atoms with Crippen molar-refractivity contribution in [3.05, 3.63) is 41.7 Å². The first kappa shape index (κ1) is 16.4. The lowest BCUT2D eigenvalue weighted by atomic mass is 9.96. The number of carbonyl (C=O) groups excluding carboxylic acids is 1. The fourth-order valence-electron chi connectivity index (χ4n) is 3.02. The summed E-state index contributed by atoms with van der Waals surface area (Å²) in [4.78, 5) is 14.5. The van der Waals surface area contributed by atoms with E-state index in [1.807, 2.05) is 40.0 Å². The van der Waals surface area contributed by atoms with E-state index in [9.17, 15) is 4.79 Å². The zero-order valence-electron chi connectivity index (χ0n) is 13.9. The van der Waals surface area contributed by atoms with Crippen LogP contribution in [0.5, 0.6) is 5.75 Å². The molecule has 2 N–H and O–H groups in total. The molecule has 0 atom stereocenters. The Kier molecular flexibility index (Phi) is 5.10. The summed E-state index contributed by atoms with van der Waals surface area (Å²) in [6.07, 6.45) is 3.84. The highest BCUT2D eigenvalue weighted by Gasteiger charge is 2.24. The summed E-state index contributed by atoms with van der Waals surface area (Å²) >= 11 is 0. The van der Waals surface area contributed by atoms with Crippen LogP contribution >= 0.6 is 0 Å². The first-order valence-corrected chi connectivity index (χ1v) is 8.22. The third-order valence-corrected chi connectivity index (χ3v) is 4.48. The Morgan fingerprint density at radius 1 is 1.29 bits per heavy atom. The molecule has 7 heteroatoms. The highest BCUT2D eigenvalue weighted by Crippen LogP contribution is 2.21. The molecular formula is C17H23N5O2. The first-order valence-electron chi connectivity index (χ1n) is 8.22. The highest BCUT2D eigenvalue weighted by molar-refractivity contribution is 5.94. The molecule has 2 heterocycles. The van der Waals surface area contributed by atoms with Crippen molar-refractivity contribution in [1.29, 1.82) is 0 Å². The topological polar surface area (TPSA) is 86.3 Å². The van der Waals surface area contributed by atoms with E-state index in [1.165, 1.54) is 0 Å². The molecular weight excluding hydrogens is 306 g/mol. The van der Waals surface area contributed by atoms with Gasteiger partial charge in [0.25, 0.3) is 5.91 Å². The van der Waals surface area contributed by atoms with Gasteiger partial charge in [-0.25, -0.2) is 0 Å². The fraction of sp³-hybridized carbons (Fsp3) is 0.471. The molecule has 1 aliphatic rings. The third kappa shape index (κ3) is 3.73. The maximum atomic E-state index is 12.6. The van der Waals surface area contributed by atoms with Gasteiger partial charge in [0, 0.05) is 37.9 Å². The second-order valence-electron chi connectivity index (χ2n) is 6.10. The van der Waals surface area contributed by atoms with Gasteiger partial charge in [0.2, 0.25) is 0 Å². The van der Waals surface area contributed by atoms with Gasteiger partial charge in [-0.1, -0.05) is 5.21 Å². The van der Waals surface area contributed by atoms with Crippen LogP contribution in [0.25, 0.3) is 0 Å². The van der Waals surface area contributed by atoms with E-state index in [1.54, 1.807) is 7.11 Å². The van der Waals surface area contributed by atoms with Gasteiger partial charge in [-0.2, -0.15) is 0 Å². The molecule has 1 saturated heterocycles. The number of benzene rings is 1. The zero-order chi connectivity index (χ0) is 16.9. The van der Waals surface area contributed by atoms with Crippen molar-refractivity contribution in [3.8, 4) is 5.75 Å². The lowest BCUT2D eigenvalue weighted by Gasteiger charge is -2.32. The number of nitrogens with two attached hydrogens (primary N) is 1. The molecule has 3 rings (SSSR count). The van der Waals surface area contributed by atoms with Crippen LogP contribution in [0, 0.1) is 5.92 Å². The molecule has 0 saturated carbocycles. The van der Waals surface area contributed by atoms with Crippen LogP contribution in [0.15, 0.2) is 30.5 Å². The molecule has 1 aromatic heterocycles. The van der Waals surface area contributed by atoms with Crippen LogP contribution in [0.3, 0.4) is 0 Å². The molecule has 0 bridgehead atoms. The molecule has 0 aliphatic carbocycles. The number of ether oxygens (including phenoxy) is 1. The van der Waals surface area contributed by atoms with Crippen molar-refractivity contribution in [2.45, 2.75) is 25.9 Å². The lowest BCUT2D eigenvalue weighted by Crippen LogP contribution is -2.39. The van der Waals surface area contributed by atoms with Gasteiger partial charge >= 0.3 is 0 Å². The fourth-order valence-corrected chi connectivity index (χ4v) is 3.02. The lowest BCUT2D eigenvalue weighted by molar-refractivity contribution is 0.0681. The van der Waals surface area contributed by atoms with Crippen molar-refractivity contribution < 1.29 is 9.53 Å². The van der Waals surface area contributed by atoms with Crippen LogP contribution in [0.1, 0.15) is 28.9 Å². The van der Waals surface area contributed by atoms with E-state index in [0.717, 1.165) is 43.9 Å². The number of carbonyl (C=O) groups is 1. The average Bonchev–Trinajstić information content (AvgIpc) is 3.09. The molecule has 128 valence electrons. The SMILES string of the molecule is COc1ccc(C(=O)N2CCC(Cn3cc(CN)nn3)CC2)cc1. The van der Waals surface area contributed by atoms with Gasteiger partial charge in [0.1, 0.15) is 5.75 Å². The van der Waals surface area contributed by atoms with E-state index < -0.39 is 0 Å². The molecule has 0 spiro atoms. The van der Waals surface area contributed by atoms with Crippen LogP contribution in [0.2, 0.25) is 0 Å². The number of hydrogen-bond acceptors (Lipinski definition) is 5. The molecule has 24 heavy (non-hydrogen) atoms. The Labute approximate surface area is 141 Å². The molecule has 1 fully saturated rings. The van der Waals surface area contributed by atoms with E-state index in [2.05, 4.69) is 10.3 Å². The minimum atomic E-state index is 0.0854. The molecule has 1 amide bonds. The average molecular weight is 329 g/mol. The number of methoxy groups -OCH3 is 1. The summed E-state index contributed by atoms with van der Waals surface area (Å²) in [6, 6.07) is 7.27. The number of rotatable bonds is 5. The van der Waals surface area contributed by atoms with Gasteiger partial charge < -0.3 is 15.4 Å². The van der Waals surface area contributed by atoms with Gasteiger partial charge in [0.15, 0.2) is 0 Å². The number of nitrogens with zero attached hydrogens (tertiary/aromatic N) is 4. The smallest absolute Gasteiger partial charge is 0.253 e. The van der Waals surface area contributed by atoms with Crippen LogP contribution < -0.4 is 10.5 Å². The van der Waals surface area contributed by atoms with Crippen LogP contribution in [-0.4, -0.2) is 46.0 Å². The number of likely N-dealkylation sites (tertiary alicyclic amines) is 1. The zero-order valence-corrected chi connectivity index (χ0v) is 13.9. The largest absolute Gasteiger partial charge is 0.497 e. The molecule has 1 aromatic carbocycles. The maximum Gasteiger partial charge on any atom is 0.253 e. The predicted octanol–water partition coefficient (Wildman–Crippen LogP) is 1.30. The molecule has 0 unspecified atom stereocenters. The second-order valence-corrected chi connectivity index (χ2v) is 6.10. The monoisotopic (exact) mass is 329 g/mol. The van der Waals surface area contributed by atoms with Gasteiger partial charge in [-0.05, 0) is 43.0 Å². The van der Waals surface area contributed by atoms with Crippen LogP contribution in [0.4, 0.5) is 0 Å². The van der Waals surface area contributed by atoms with Gasteiger partial charge in [-0.15, -0.1) is 5.10 Å². The highest BCUT2D eigenvalue weighted by atomic mass is 16.5. The van der Waals surface area contributed by atoms with Crippen LogP contribution in [-0.2, 0) is 13.1 Å². The minimum Gasteiger partial charge on any atom is -0.497 e. The number of amides is 1. The standard InChI is InChI=1S/C17H23N5O2/c1-24-16-4-2-14(3-5-16)17(23)21-8-6-13(7-9-21)11-22-12-15(10-18)19-20-22/h2-5,12-13H,6-11,18H2,1H3. The van der Waals surface area contributed by atoms with E-state index >= 15 is 0 Å². The first-order chi connectivity index (χ1) is 11.7. The van der Waals surface area contributed by atoms with Crippen molar-refractivity contribution in [1.82, 2.24) is 19.9 Å². The number of aromatic nitrogens is 3. The molecule has 7 nitrogen and oxygen atoms in total. The van der Waals surface area contributed by atoms with Gasteiger partial charge in [-0.3, -0.25) is 9.48 Å². The van der Waals surface area contributed by atoms with Crippen molar-refractivity contribution in [3.63, 3.8) is 0 Å². The van der Waals surface area contributed by atoms with Crippen molar-refractivity contribution in [2.24, 2.45) is 11.7 Å². The normalized spacial score (nSPS) is 15.5. The third-order valence-electron chi connectivity index (χ3n) is 4.48. The predicted molar refractivity (Wildman–Crippen MR) is 89.5 cm³/mol. The Morgan fingerprint density at radius 3 is 2.58 bits per heavy atom. The molecule has 2 aromatic rings. The maximum absolute atomic E-state index is 12.6. The van der Waals surface area contributed by atoms with Gasteiger partial charge in [0.05, 0.1) is 12.8 Å². The van der Waals surface area contributed by atoms with Crippen molar-refractivity contribution >= 4 is 5.91 Å². The van der Waals surface area contributed by atoms with E-state index in [4.69, 9.17) is 10.5 Å². The molecule has 0 radical (unpaired) electrons. The Hall–Kier alpha value is -2.41. The quantitative estimate of drug-likeness (QED) is 0.893. The van der Waals surface area contributed by atoms with Crippen molar-refractivity contribution in [2.75, 3.05) is 20.2 Å². The summed E-state index contributed by atoms with van der Waals surface area (Å²) < 4.78 is 6.98. The number of hydrogen-bond donors (Lipinski definition) is 1. The van der Waals surface area contributed by atoms with E-state index in [-0.39, 0.29) is 5.91 Å². The summed E-state index contributed by atoms with van der Waals surface area (Å²) in [5.74, 6) is 1.36. The number of piperidine rings is 1. The molecule has 1 aliphatic heterocycles. The van der Waals surface area contributed by atoms with E-state index in [0.29, 0.717) is 18.0 Å². The Balaban J connectivity index is 1.53.